The second-order valence-corrected chi connectivity index (χ2v) is 8.24. The number of anilines is 1. The van der Waals surface area contributed by atoms with Gasteiger partial charge in [0.25, 0.3) is 0 Å². The molecular weight excluding hydrogens is 395 g/mol. The molecule has 2 fully saturated rings. The third-order valence-corrected chi connectivity index (χ3v) is 6.34. The molecule has 3 atom stereocenters. The van der Waals surface area contributed by atoms with Crippen molar-refractivity contribution in [3.8, 4) is 11.4 Å². The SMILES string of the molecule is Cc1ccc(NC(=O)[C@H]2C[C@@H]3CC[C@@H]3N2Cc2ncccn2)cc1-c1ncc(F)cn1. The molecule has 1 saturated heterocycles. The zero-order valence-corrected chi connectivity index (χ0v) is 17.2. The van der Waals surface area contributed by atoms with E-state index in [1.54, 1.807) is 18.5 Å². The lowest BCUT2D eigenvalue weighted by Gasteiger charge is -2.36. The standard InChI is InChI=1S/C23H23FN6O/c1-14-3-5-17(10-18(14)22-27-11-16(24)12-28-22)29-23(31)20-9-15-4-6-19(15)30(20)13-21-25-7-2-8-26-21/h2-3,5,7-8,10-12,15,19-20H,4,6,9,13H2,1H3,(H,29,31)/t15-,19-,20+/m0/s1. The molecule has 0 spiro atoms. The molecule has 1 amide bonds. The maximum atomic E-state index is 13.2. The molecule has 5 rings (SSSR count). The highest BCUT2D eigenvalue weighted by Crippen LogP contribution is 2.44. The molecule has 1 N–H and O–H groups in total. The fourth-order valence-electron chi connectivity index (χ4n) is 4.59. The topological polar surface area (TPSA) is 83.9 Å². The summed E-state index contributed by atoms with van der Waals surface area (Å²) in [4.78, 5) is 32.3. The number of rotatable bonds is 5. The van der Waals surface area contributed by atoms with Gasteiger partial charge in [-0.15, -0.1) is 0 Å². The molecule has 2 aromatic heterocycles. The molecule has 3 aromatic rings. The molecule has 3 heterocycles. The van der Waals surface area contributed by atoms with E-state index in [1.807, 2.05) is 25.1 Å². The van der Waals surface area contributed by atoms with Crippen molar-refractivity contribution < 1.29 is 9.18 Å². The number of amides is 1. The van der Waals surface area contributed by atoms with Gasteiger partial charge >= 0.3 is 0 Å². The van der Waals surface area contributed by atoms with Crippen LogP contribution in [0, 0.1) is 18.7 Å². The highest BCUT2D eigenvalue weighted by molar-refractivity contribution is 5.95. The van der Waals surface area contributed by atoms with Crippen LogP contribution in [0.3, 0.4) is 0 Å². The molecule has 1 aliphatic carbocycles. The number of aromatic nitrogens is 4. The predicted molar refractivity (Wildman–Crippen MR) is 113 cm³/mol. The van der Waals surface area contributed by atoms with Crippen molar-refractivity contribution in [2.45, 2.75) is 44.8 Å². The number of fused-ring (bicyclic) bond motifs is 1. The zero-order chi connectivity index (χ0) is 21.4. The first-order chi connectivity index (χ1) is 15.1. The minimum absolute atomic E-state index is 0.0276. The number of hydrogen-bond acceptors (Lipinski definition) is 6. The van der Waals surface area contributed by atoms with Gasteiger partial charge in [0.2, 0.25) is 5.91 Å². The first-order valence-corrected chi connectivity index (χ1v) is 10.5. The highest BCUT2D eigenvalue weighted by atomic mass is 19.1. The van der Waals surface area contributed by atoms with Gasteiger partial charge in [-0.2, -0.15) is 0 Å². The minimum Gasteiger partial charge on any atom is -0.325 e. The van der Waals surface area contributed by atoms with Crippen molar-refractivity contribution in [3.05, 3.63) is 66.3 Å². The van der Waals surface area contributed by atoms with Gasteiger partial charge in [0.1, 0.15) is 5.82 Å². The first-order valence-electron chi connectivity index (χ1n) is 10.5. The molecule has 1 aromatic carbocycles. The van der Waals surface area contributed by atoms with Crippen molar-refractivity contribution in [1.82, 2.24) is 24.8 Å². The van der Waals surface area contributed by atoms with Crippen molar-refractivity contribution in [1.29, 1.82) is 0 Å². The van der Waals surface area contributed by atoms with Crippen LogP contribution in [0.15, 0.2) is 49.1 Å². The Bertz CT molecular complexity index is 1090. The van der Waals surface area contributed by atoms with Gasteiger partial charge in [-0.1, -0.05) is 6.07 Å². The van der Waals surface area contributed by atoms with E-state index in [4.69, 9.17) is 0 Å². The van der Waals surface area contributed by atoms with Crippen molar-refractivity contribution in [2.75, 3.05) is 5.32 Å². The lowest BCUT2D eigenvalue weighted by Crippen LogP contribution is -2.45. The Morgan fingerprint density at radius 3 is 2.65 bits per heavy atom. The number of halogens is 1. The summed E-state index contributed by atoms with van der Waals surface area (Å²) in [7, 11) is 0. The van der Waals surface area contributed by atoms with Crippen LogP contribution < -0.4 is 5.32 Å². The smallest absolute Gasteiger partial charge is 0.241 e. The number of carbonyl (C=O) groups is 1. The van der Waals surface area contributed by atoms with Crippen molar-refractivity contribution in [3.63, 3.8) is 0 Å². The van der Waals surface area contributed by atoms with Crippen LogP contribution in [-0.4, -0.2) is 42.8 Å². The van der Waals surface area contributed by atoms with E-state index >= 15 is 0 Å². The van der Waals surface area contributed by atoms with Gasteiger partial charge in [-0.25, -0.2) is 24.3 Å². The Kier molecular flexibility index (Phi) is 5.15. The molecule has 1 aliphatic heterocycles. The Morgan fingerprint density at radius 2 is 1.94 bits per heavy atom. The fourth-order valence-corrected chi connectivity index (χ4v) is 4.59. The van der Waals surface area contributed by atoms with Crippen LogP contribution >= 0.6 is 0 Å². The summed E-state index contributed by atoms with van der Waals surface area (Å²) < 4.78 is 13.2. The predicted octanol–water partition coefficient (Wildman–Crippen LogP) is 3.37. The van der Waals surface area contributed by atoms with Crippen LogP contribution in [-0.2, 0) is 11.3 Å². The van der Waals surface area contributed by atoms with Crippen LogP contribution in [0.5, 0.6) is 0 Å². The van der Waals surface area contributed by atoms with E-state index in [1.165, 1.54) is 0 Å². The third-order valence-electron chi connectivity index (χ3n) is 6.34. The third kappa shape index (κ3) is 3.90. The number of likely N-dealkylation sites (tertiary alicyclic amines) is 1. The van der Waals surface area contributed by atoms with Gasteiger partial charge in [-0.05, 0) is 55.9 Å². The molecule has 0 bridgehead atoms. The average molecular weight is 418 g/mol. The van der Waals surface area contributed by atoms with E-state index in [0.29, 0.717) is 30.0 Å². The van der Waals surface area contributed by atoms with Gasteiger partial charge in [0, 0.05) is 29.7 Å². The maximum Gasteiger partial charge on any atom is 0.241 e. The van der Waals surface area contributed by atoms with Gasteiger partial charge in [-0.3, -0.25) is 9.69 Å². The van der Waals surface area contributed by atoms with Crippen LogP contribution in [0.2, 0.25) is 0 Å². The fraction of sp³-hybridized carbons (Fsp3) is 0.348. The Morgan fingerprint density at radius 1 is 1.16 bits per heavy atom. The molecule has 0 unspecified atom stereocenters. The minimum atomic E-state index is -0.482. The molecule has 8 heteroatoms. The van der Waals surface area contributed by atoms with Crippen LogP contribution in [0.25, 0.3) is 11.4 Å². The molecule has 31 heavy (non-hydrogen) atoms. The molecule has 7 nitrogen and oxygen atoms in total. The largest absolute Gasteiger partial charge is 0.325 e. The number of benzene rings is 1. The van der Waals surface area contributed by atoms with Gasteiger partial charge in [0.05, 0.1) is 25.0 Å². The Hall–Kier alpha value is -3.26. The monoisotopic (exact) mass is 418 g/mol. The molecule has 2 aliphatic rings. The molecular formula is C23H23FN6O. The van der Waals surface area contributed by atoms with Gasteiger partial charge < -0.3 is 5.32 Å². The normalized spacial score (nSPS) is 22.6. The Labute approximate surface area is 179 Å². The summed E-state index contributed by atoms with van der Waals surface area (Å²) in [6.07, 6.45) is 8.88. The van der Waals surface area contributed by atoms with Crippen LogP contribution in [0.1, 0.15) is 30.7 Å². The number of carbonyl (C=O) groups excluding carboxylic acids is 1. The number of aryl methyl sites for hydroxylation is 1. The van der Waals surface area contributed by atoms with Gasteiger partial charge in [0.15, 0.2) is 11.6 Å². The number of hydrogen-bond donors (Lipinski definition) is 1. The maximum absolute atomic E-state index is 13.2. The summed E-state index contributed by atoms with van der Waals surface area (Å²) in [5.41, 5.74) is 2.39. The highest BCUT2D eigenvalue weighted by Gasteiger charge is 2.49. The van der Waals surface area contributed by atoms with E-state index < -0.39 is 5.82 Å². The summed E-state index contributed by atoms with van der Waals surface area (Å²) in [5.74, 6) is 1.21. The van der Waals surface area contributed by atoms with E-state index in [9.17, 15) is 9.18 Å². The number of nitrogens with zero attached hydrogens (tertiary/aromatic N) is 5. The second-order valence-electron chi connectivity index (χ2n) is 8.24. The summed E-state index contributed by atoms with van der Waals surface area (Å²) >= 11 is 0. The Balaban J connectivity index is 1.35. The van der Waals surface area contributed by atoms with E-state index in [2.05, 4.69) is 30.2 Å². The first kappa shape index (κ1) is 19.7. The number of nitrogens with one attached hydrogen (secondary N) is 1. The zero-order valence-electron chi connectivity index (χ0n) is 17.2. The lowest BCUT2D eigenvalue weighted by atomic mass is 9.80. The van der Waals surface area contributed by atoms with E-state index in [-0.39, 0.29) is 11.9 Å². The molecule has 158 valence electrons. The molecule has 0 radical (unpaired) electrons. The van der Waals surface area contributed by atoms with E-state index in [0.717, 1.165) is 48.6 Å². The molecule has 1 saturated carbocycles. The van der Waals surface area contributed by atoms with Crippen molar-refractivity contribution >= 4 is 11.6 Å². The van der Waals surface area contributed by atoms with Crippen molar-refractivity contribution in [2.24, 2.45) is 5.92 Å². The summed E-state index contributed by atoms with van der Waals surface area (Å²) in [5, 5.41) is 3.07. The summed E-state index contributed by atoms with van der Waals surface area (Å²) in [6.45, 7) is 2.51. The quantitative estimate of drug-likeness (QED) is 0.684. The lowest BCUT2D eigenvalue weighted by molar-refractivity contribution is -0.121. The van der Waals surface area contributed by atoms with Crippen LogP contribution in [0.4, 0.5) is 10.1 Å². The second kappa shape index (κ2) is 8.11. The average Bonchev–Trinajstić information content (AvgIpc) is 3.00. The summed E-state index contributed by atoms with van der Waals surface area (Å²) in [6, 6.07) is 7.62.